The van der Waals surface area contributed by atoms with Gasteiger partial charge in [-0.2, -0.15) is 0 Å². The quantitative estimate of drug-likeness (QED) is 0.464. The zero-order valence-electron chi connectivity index (χ0n) is 15.9. The largest absolute Gasteiger partial charge is 0.388 e. The zero-order chi connectivity index (χ0) is 18.8. The fourth-order valence-electron chi connectivity index (χ4n) is 2.49. The number of thiazole rings is 1. The van der Waals surface area contributed by atoms with E-state index in [2.05, 4.69) is 39.8 Å². The van der Waals surface area contributed by atoms with Gasteiger partial charge in [0.05, 0.1) is 16.8 Å². The van der Waals surface area contributed by atoms with Crippen LogP contribution in [0.25, 0.3) is 0 Å². The van der Waals surface area contributed by atoms with Crippen LogP contribution in [-0.4, -0.2) is 35.7 Å². The van der Waals surface area contributed by atoms with Crippen molar-refractivity contribution in [1.82, 2.24) is 15.6 Å². The summed E-state index contributed by atoms with van der Waals surface area (Å²) in [6.45, 7) is 8.54. The van der Waals surface area contributed by atoms with E-state index in [0.717, 1.165) is 36.7 Å². The second-order valence-corrected chi connectivity index (χ2v) is 7.37. The van der Waals surface area contributed by atoms with Gasteiger partial charge in [0, 0.05) is 37.4 Å². The number of guanidine groups is 1. The third-order valence-electron chi connectivity index (χ3n) is 3.94. The molecular weight excluding hydrogens is 344 g/mol. The molecule has 0 bridgehead atoms. The number of benzene rings is 1. The molecule has 6 heteroatoms. The molecule has 0 saturated carbocycles. The highest BCUT2D eigenvalue weighted by Crippen LogP contribution is 2.19. The topological polar surface area (TPSA) is 69.5 Å². The number of nitrogens with one attached hydrogen (secondary N) is 2. The maximum atomic E-state index is 10.2. The molecule has 1 unspecified atom stereocenters. The van der Waals surface area contributed by atoms with Gasteiger partial charge in [0.2, 0.25) is 0 Å². The van der Waals surface area contributed by atoms with Crippen LogP contribution in [0.1, 0.15) is 55.5 Å². The number of hydrogen-bond donors (Lipinski definition) is 3. The molecule has 0 saturated heterocycles. The van der Waals surface area contributed by atoms with Crippen molar-refractivity contribution in [3.63, 3.8) is 0 Å². The number of hydrogen-bond acceptors (Lipinski definition) is 4. The van der Waals surface area contributed by atoms with Crippen molar-refractivity contribution in [1.29, 1.82) is 0 Å². The van der Waals surface area contributed by atoms with E-state index < -0.39 is 6.10 Å². The lowest BCUT2D eigenvalue weighted by molar-refractivity contribution is 0.170. The summed E-state index contributed by atoms with van der Waals surface area (Å²) in [4.78, 5) is 9.22. The van der Waals surface area contributed by atoms with Crippen LogP contribution in [0, 0.1) is 0 Å². The first-order valence-electron chi connectivity index (χ1n) is 9.29. The summed E-state index contributed by atoms with van der Waals surface area (Å²) >= 11 is 1.73. The minimum Gasteiger partial charge on any atom is -0.388 e. The number of aromatic nitrogens is 1. The number of aliphatic hydroxyl groups is 1. The Balaban J connectivity index is 1.78. The second-order valence-electron chi connectivity index (χ2n) is 6.48. The molecule has 0 amide bonds. The van der Waals surface area contributed by atoms with E-state index in [9.17, 15) is 5.11 Å². The van der Waals surface area contributed by atoms with Gasteiger partial charge in [-0.15, -0.1) is 11.3 Å². The molecule has 142 valence electrons. The lowest BCUT2D eigenvalue weighted by Gasteiger charge is -2.12. The van der Waals surface area contributed by atoms with Crippen LogP contribution in [0.3, 0.4) is 0 Å². The molecule has 26 heavy (non-hydrogen) atoms. The molecule has 1 heterocycles. The van der Waals surface area contributed by atoms with Crippen LogP contribution < -0.4 is 10.6 Å². The fourth-order valence-corrected chi connectivity index (χ4v) is 3.36. The number of rotatable bonds is 9. The highest BCUT2D eigenvalue weighted by molar-refractivity contribution is 7.09. The maximum Gasteiger partial charge on any atom is 0.191 e. The Kier molecular flexibility index (Phi) is 8.58. The molecule has 1 aromatic carbocycles. The molecule has 0 radical (unpaired) electrons. The standard InChI is InChI=1S/C20H30N4OS/c1-4-21-20(22-12-10-17-14-26-19(24-17)15(2)3)23-13-11-18(25)16-8-6-5-7-9-16/h5-9,14-15,18,25H,4,10-13H2,1-3H3,(H2,21,22,23). The van der Waals surface area contributed by atoms with Crippen molar-refractivity contribution < 1.29 is 5.11 Å². The number of nitrogens with zero attached hydrogens (tertiary/aromatic N) is 2. The molecule has 0 fully saturated rings. The first-order chi connectivity index (χ1) is 12.6. The Morgan fingerprint density at radius 3 is 2.65 bits per heavy atom. The first-order valence-corrected chi connectivity index (χ1v) is 10.2. The smallest absolute Gasteiger partial charge is 0.191 e. The molecule has 2 aromatic rings. The summed E-state index contributed by atoms with van der Waals surface area (Å²) in [6, 6.07) is 9.72. The molecule has 5 nitrogen and oxygen atoms in total. The van der Waals surface area contributed by atoms with Crippen molar-refractivity contribution in [2.75, 3.05) is 19.6 Å². The summed E-state index contributed by atoms with van der Waals surface area (Å²) in [5.41, 5.74) is 2.06. The van der Waals surface area contributed by atoms with Crippen LogP contribution in [0.2, 0.25) is 0 Å². The van der Waals surface area contributed by atoms with Gasteiger partial charge >= 0.3 is 0 Å². The van der Waals surface area contributed by atoms with Crippen molar-refractivity contribution in [3.05, 3.63) is 52.0 Å². The summed E-state index contributed by atoms with van der Waals surface area (Å²) < 4.78 is 0. The molecule has 2 rings (SSSR count). The fraction of sp³-hybridized carbons (Fsp3) is 0.500. The van der Waals surface area contributed by atoms with Gasteiger partial charge in [-0.3, -0.25) is 4.99 Å². The molecule has 0 aliphatic rings. The molecule has 0 aliphatic heterocycles. The summed E-state index contributed by atoms with van der Waals surface area (Å²) in [6.07, 6.45) is 0.998. The van der Waals surface area contributed by atoms with Crippen molar-refractivity contribution >= 4 is 17.3 Å². The van der Waals surface area contributed by atoms with Gasteiger partial charge in [0.1, 0.15) is 0 Å². The lowest BCUT2D eigenvalue weighted by Crippen LogP contribution is -2.38. The predicted molar refractivity (Wildman–Crippen MR) is 110 cm³/mol. The summed E-state index contributed by atoms with van der Waals surface area (Å²) in [7, 11) is 0. The van der Waals surface area contributed by atoms with E-state index in [1.165, 1.54) is 5.01 Å². The summed E-state index contributed by atoms with van der Waals surface area (Å²) in [5, 5.41) is 20.1. The number of aliphatic hydroxyl groups excluding tert-OH is 1. The predicted octanol–water partition coefficient (Wildman–Crippen LogP) is 3.49. The van der Waals surface area contributed by atoms with Crippen molar-refractivity contribution in [3.8, 4) is 0 Å². The van der Waals surface area contributed by atoms with Gasteiger partial charge in [0.25, 0.3) is 0 Å². The Bertz CT molecular complexity index is 669. The lowest BCUT2D eigenvalue weighted by atomic mass is 10.1. The average molecular weight is 375 g/mol. The Morgan fingerprint density at radius 2 is 2.00 bits per heavy atom. The maximum absolute atomic E-state index is 10.2. The summed E-state index contributed by atoms with van der Waals surface area (Å²) in [5.74, 6) is 1.27. The van der Waals surface area contributed by atoms with E-state index in [4.69, 9.17) is 0 Å². The molecule has 0 aliphatic carbocycles. The minimum absolute atomic E-state index is 0.479. The molecule has 3 N–H and O–H groups in total. The van der Waals surface area contributed by atoms with Gasteiger partial charge in [-0.05, 0) is 18.9 Å². The van der Waals surface area contributed by atoms with Crippen molar-refractivity contribution in [2.45, 2.75) is 45.6 Å². The highest BCUT2D eigenvalue weighted by Gasteiger charge is 2.07. The van der Waals surface area contributed by atoms with E-state index in [0.29, 0.717) is 18.9 Å². The molecule has 0 spiro atoms. The highest BCUT2D eigenvalue weighted by atomic mass is 32.1. The molecule has 1 aromatic heterocycles. The van der Waals surface area contributed by atoms with E-state index in [1.54, 1.807) is 11.3 Å². The minimum atomic E-state index is -0.479. The van der Waals surface area contributed by atoms with Gasteiger partial charge in [-0.1, -0.05) is 44.2 Å². The Morgan fingerprint density at radius 1 is 1.23 bits per heavy atom. The normalized spacial score (nSPS) is 13.0. The van der Waals surface area contributed by atoms with E-state index in [1.807, 2.05) is 37.3 Å². The van der Waals surface area contributed by atoms with Gasteiger partial charge in [0.15, 0.2) is 5.96 Å². The number of aliphatic imine (C=N–C) groups is 1. The second kappa shape index (κ2) is 10.9. The van der Waals surface area contributed by atoms with Crippen LogP contribution in [0.5, 0.6) is 0 Å². The molecule has 1 atom stereocenters. The van der Waals surface area contributed by atoms with Gasteiger partial charge < -0.3 is 15.7 Å². The van der Waals surface area contributed by atoms with E-state index in [-0.39, 0.29) is 0 Å². The van der Waals surface area contributed by atoms with Gasteiger partial charge in [-0.25, -0.2) is 4.98 Å². The van der Waals surface area contributed by atoms with E-state index >= 15 is 0 Å². The van der Waals surface area contributed by atoms with Crippen LogP contribution >= 0.6 is 11.3 Å². The average Bonchev–Trinajstić information content (AvgIpc) is 3.11. The Hall–Kier alpha value is -1.92. The third-order valence-corrected chi connectivity index (χ3v) is 5.13. The monoisotopic (exact) mass is 374 g/mol. The Labute approximate surface area is 160 Å². The van der Waals surface area contributed by atoms with Crippen LogP contribution in [-0.2, 0) is 6.42 Å². The zero-order valence-corrected chi connectivity index (χ0v) is 16.7. The SMILES string of the molecule is CCNC(=NCCC(O)c1ccccc1)NCCc1csc(C(C)C)n1. The molecular formula is C20H30N4OS. The van der Waals surface area contributed by atoms with Crippen molar-refractivity contribution in [2.24, 2.45) is 4.99 Å². The van der Waals surface area contributed by atoms with Crippen LogP contribution in [0.4, 0.5) is 0 Å². The first kappa shape index (κ1) is 20.4. The third kappa shape index (κ3) is 6.77. The van der Waals surface area contributed by atoms with Crippen LogP contribution in [0.15, 0.2) is 40.7 Å².